The molecule has 1 rings (SSSR count). The van der Waals surface area contributed by atoms with Crippen LogP contribution in [-0.4, -0.2) is 39.9 Å². The lowest BCUT2D eigenvalue weighted by Gasteiger charge is -2.09. The number of allylic oxidation sites excluding steroid dienone is 1. The number of hydrogen-bond acceptors (Lipinski definition) is 4. The predicted octanol–water partition coefficient (Wildman–Crippen LogP) is -0.608. The van der Waals surface area contributed by atoms with E-state index in [1.54, 1.807) is 6.08 Å². The number of aliphatic hydroxyl groups excluding tert-OH is 3. The van der Waals surface area contributed by atoms with E-state index in [0.717, 1.165) is 5.57 Å². The highest BCUT2D eigenvalue weighted by atomic mass is 16.6. The van der Waals surface area contributed by atoms with Gasteiger partial charge in [-0.15, -0.1) is 0 Å². The summed E-state index contributed by atoms with van der Waals surface area (Å²) in [5, 5.41) is 27.4. The summed E-state index contributed by atoms with van der Waals surface area (Å²) < 4.78 is 4.88. The fraction of sp³-hybridized carbons (Fsp3) is 0.750. The molecule has 0 aromatic heterocycles. The summed E-state index contributed by atoms with van der Waals surface area (Å²) in [7, 11) is 0. The van der Waals surface area contributed by atoms with Crippen LogP contribution < -0.4 is 0 Å². The molecule has 0 aromatic rings. The quantitative estimate of drug-likeness (QED) is 0.464. The molecule has 12 heavy (non-hydrogen) atoms. The van der Waals surface area contributed by atoms with Gasteiger partial charge in [-0.05, 0) is 13.8 Å². The predicted molar refractivity (Wildman–Crippen MR) is 42.3 cm³/mol. The summed E-state index contributed by atoms with van der Waals surface area (Å²) >= 11 is 0. The van der Waals surface area contributed by atoms with Crippen molar-refractivity contribution < 1.29 is 20.1 Å². The van der Waals surface area contributed by atoms with Crippen molar-refractivity contribution in [2.24, 2.45) is 0 Å². The minimum atomic E-state index is -1.28. The zero-order chi connectivity index (χ0) is 9.30. The second-order valence-corrected chi connectivity index (χ2v) is 3.22. The first-order valence-corrected chi connectivity index (χ1v) is 3.87. The summed E-state index contributed by atoms with van der Waals surface area (Å²) in [5.41, 5.74) is 0.973. The van der Waals surface area contributed by atoms with E-state index in [0.29, 0.717) is 0 Å². The van der Waals surface area contributed by atoms with Crippen molar-refractivity contribution in [3.8, 4) is 0 Å². The molecule has 1 fully saturated rings. The molecule has 1 aliphatic heterocycles. The van der Waals surface area contributed by atoms with Crippen LogP contribution in [0.25, 0.3) is 0 Å². The van der Waals surface area contributed by atoms with E-state index >= 15 is 0 Å². The molecule has 1 heterocycles. The summed E-state index contributed by atoms with van der Waals surface area (Å²) in [6.45, 7) is 3.71. The van der Waals surface area contributed by atoms with E-state index in [1.165, 1.54) is 0 Å². The van der Waals surface area contributed by atoms with Gasteiger partial charge >= 0.3 is 0 Å². The Hall–Kier alpha value is -0.420. The number of ether oxygens (including phenoxy) is 1. The van der Waals surface area contributed by atoms with Gasteiger partial charge in [0.2, 0.25) is 0 Å². The molecule has 1 saturated heterocycles. The van der Waals surface area contributed by atoms with Crippen LogP contribution in [0.15, 0.2) is 11.6 Å². The molecule has 0 aliphatic carbocycles. The lowest BCUT2D eigenvalue weighted by molar-refractivity contribution is -0.120. The molecule has 0 amide bonds. The molecule has 0 saturated carbocycles. The number of aliphatic hydroxyl groups is 3. The largest absolute Gasteiger partial charge is 0.387 e. The Labute approximate surface area is 71.1 Å². The van der Waals surface area contributed by atoms with Gasteiger partial charge in [0.25, 0.3) is 0 Å². The third-order valence-electron chi connectivity index (χ3n) is 1.77. The molecule has 0 aromatic carbocycles. The van der Waals surface area contributed by atoms with Crippen molar-refractivity contribution in [2.75, 3.05) is 0 Å². The molecule has 1 aliphatic rings. The Balaban J connectivity index is 2.65. The van der Waals surface area contributed by atoms with E-state index in [2.05, 4.69) is 0 Å². The number of hydrogen-bond donors (Lipinski definition) is 3. The first kappa shape index (κ1) is 9.67. The topological polar surface area (TPSA) is 69.9 Å². The van der Waals surface area contributed by atoms with Crippen LogP contribution >= 0.6 is 0 Å². The SMILES string of the molecule is CC(C)=C[C@H]1OC(O)[C@H](O)[C@@H]1O. The van der Waals surface area contributed by atoms with Crippen LogP contribution in [0.3, 0.4) is 0 Å². The second kappa shape index (κ2) is 3.53. The van der Waals surface area contributed by atoms with E-state index in [1.807, 2.05) is 13.8 Å². The normalized spacial score (nSPS) is 41.4. The molecular formula is C8H14O4. The Morgan fingerprint density at radius 2 is 1.75 bits per heavy atom. The van der Waals surface area contributed by atoms with Crippen molar-refractivity contribution in [3.05, 3.63) is 11.6 Å². The molecule has 0 radical (unpaired) electrons. The maximum atomic E-state index is 9.30. The van der Waals surface area contributed by atoms with Crippen LogP contribution in [-0.2, 0) is 4.74 Å². The van der Waals surface area contributed by atoms with E-state index in [9.17, 15) is 5.11 Å². The minimum Gasteiger partial charge on any atom is -0.387 e. The summed E-state index contributed by atoms with van der Waals surface area (Å²) in [5.74, 6) is 0. The van der Waals surface area contributed by atoms with Crippen molar-refractivity contribution in [2.45, 2.75) is 38.4 Å². The summed E-state index contributed by atoms with van der Waals surface area (Å²) in [6, 6.07) is 0. The van der Waals surface area contributed by atoms with Crippen molar-refractivity contribution in [1.29, 1.82) is 0 Å². The maximum Gasteiger partial charge on any atom is 0.184 e. The zero-order valence-corrected chi connectivity index (χ0v) is 7.14. The highest BCUT2D eigenvalue weighted by Crippen LogP contribution is 2.21. The number of rotatable bonds is 1. The van der Waals surface area contributed by atoms with Gasteiger partial charge in [-0.25, -0.2) is 0 Å². The average molecular weight is 174 g/mol. The fourth-order valence-corrected chi connectivity index (χ4v) is 1.15. The van der Waals surface area contributed by atoms with Crippen LogP contribution in [0.5, 0.6) is 0 Å². The fourth-order valence-electron chi connectivity index (χ4n) is 1.15. The lowest BCUT2D eigenvalue weighted by atomic mass is 10.1. The Morgan fingerprint density at radius 3 is 2.08 bits per heavy atom. The van der Waals surface area contributed by atoms with Crippen LogP contribution in [0.4, 0.5) is 0 Å². The Kier molecular flexibility index (Phi) is 2.85. The second-order valence-electron chi connectivity index (χ2n) is 3.22. The van der Waals surface area contributed by atoms with Gasteiger partial charge in [-0.2, -0.15) is 0 Å². The van der Waals surface area contributed by atoms with Crippen molar-refractivity contribution >= 4 is 0 Å². The molecule has 4 nitrogen and oxygen atoms in total. The molecule has 1 unspecified atom stereocenters. The van der Waals surface area contributed by atoms with Gasteiger partial charge in [0.15, 0.2) is 6.29 Å². The van der Waals surface area contributed by atoms with Crippen molar-refractivity contribution in [3.63, 3.8) is 0 Å². The van der Waals surface area contributed by atoms with Gasteiger partial charge in [0, 0.05) is 0 Å². The minimum absolute atomic E-state index is 0.597. The van der Waals surface area contributed by atoms with Crippen molar-refractivity contribution in [1.82, 2.24) is 0 Å². The first-order chi connectivity index (χ1) is 5.52. The van der Waals surface area contributed by atoms with E-state index in [4.69, 9.17) is 14.9 Å². The Morgan fingerprint density at radius 1 is 1.17 bits per heavy atom. The summed E-state index contributed by atoms with van der Waals surface area (Å²) in [6.07, 6.45) is -2.44. The molecule has 0 bridgehead atoms. The molecule has 70 valence electrons. The highest BCUT2D eigenvalue weighted by Gasteiger charge is 2.40. The van der Waals surface area contributed by atoms with E-state index in [-0.39, 0.29) is 0 Å². The van der Waals surface area contributed by atoms with Gasteiger partial charge in [0.05, 0.1) is 0 Å². The first-order valence-electron chi connectivity index (χ1n) is 3.87. The Bertz CT molecular complexity index is 185. The van der Waals surface area contributed by atoms with Gasteiger partial charge in [0.1, 0.15) is 18.3 Å². The summed E-state index contributed by atoms with van der Waals surface area (Å²) in [4.78, 5) is 0. The molecule has 4 atom stereocenters. The highest BCUT2D eigenvalue weighted by molar-refractivity contribution is 5.05. The van der Waals surface area contributed by atoms with Gasteiger partial charge in [-0.3, -0.25) is 0 Å². The average Bonchev–Trinajstić information content (AvgIpc) is 2.17. The molecule has 0 spiro atoms. The van der Waals surface area contributed by atoms with Gasteiger partial charge in [-0.1, -0.05) is 11.6 Å². The third-order valence-corrected chi connectivity index (χ3v) is 1.77. The van der Waals surface area contributed by atoms with Crippen LogP contribution in [0.1, 0.15) is 13.8 Å². The standard InChI is InChI=1S/C8H14O4/c1-4(2)3-5-6(9)7(10)8(11)12-5/h3,5-11H,1-2H3/t5-,6-,7-,8?/m1/s1. The van der Waals surface area contributed by atoms with Crippen LogP contribution in [0, 0.1) is 0 Å². The smallest absolute Gasteiger partial charge is 0.184 e. The third kappa shape index (κ3) is 1.84. The lowest BCUT2D eigenvalue weighted by Crippen LogP contribution is -2.31. The maximum absolute atomic E-state index is 9.30. The molecular weight excluding hydrogens is 160 g/mol. The van der Waals surface area contributed by atoms with E-state index < -0.39 is 24.6 Å². The van der Waals surface area contributed by atoms with Crippen LogP contribution in [0.2, 0.25) is 0 Å². The molecule has 3 N–H and O–H groups in total. The zero-order valence-electron chi connectivity index (χ0n) is 7.14. The van der Waals surface area contributed by atoms with Gasteiger partial charge < -0.3 is 20.1 Å². The monoisotopic (exact) mass is 174 g/mol. The molecule has 4 heteroatoms.